The highest BCUT2D eigenvalue weighted by atomic mass is 35.5. The zero-order chi connectivity index (χ0) is 11.5. The molecule has 0 amide bonds. The lowest BCUT2D eigenvalue weighted by atomic mass is 10.2. The number of allylic oxidation sites excluding steroid dienone is 1. The van der Waals surface area contributed by atoms with Gasteiger partial charge >= 0.3 is 0 Å². The number of benzene rings is 1. The van der Waals surface area contributed by atoms with Gasteiger partial charge in [-0.2, -0.15) is 0 Å². The Hall–Kier alpha value is -1.12. The fourth-order valence-electron chi connectivity index (χ4n) is 1.71. The summed E-state index contributed by atoms with van der Waals surface area (Å²) >= 11 is 11.5. The Morgan fingerprint density at radius 3 is 2.94 bits per heavy atom. The Kier molecular flexibility index (Phi) is 3.42. The molecule has 16 heavy (non-hydrogen) atoms. The number of aromatic nitrogens is 1. The van der Waals surface area contributed by atoms with E-state index in [0.717, 1.165) is 16.7 Å². The Morgan fingerprint density at radius 2 is 2.25 bits per heavy atom. The van der Waals surface area contributed by atoms with Crippen molar-refractivity contribution in [2.24, 2.45) is 0 Å². The van der Waals surface area contributed by atoms with Crippen molar-refractivity contribution in [2.45, 2.75) is 6.54 Å². The first-order chi connectivity index (χ1) is 7.76. The summed E-state index contributed by atoms with van der Waals surface area (Å²) in [4.78, 5) is 0. The van der Waals surface area contributed by atoms with E-state index in [1.807, 2.05) is 35.0 Å². The van der Waals surface area contributed by atoms with Crippen LogP contribution in [0, 0.1) is 0 Å². The second-order valence-electron chi connectivity index (χ2n) is 3.39. The van der Waals surface area contributed by atoms with Crippen molar-refractivity contribution in [3.05, 3.63) is 41.0 Å². The minimum atomic E-state index is 0.571. The van der Waals surface area contributed by atoms with E-state index in [0.29, 0.717) is 11.6 Å². The number of rotatable bonds is 3. The van der Waals surface area contributed by atoms with Gasteiger partial charge in [-0.1, -0.05) is 29.3 Å². The maximum absolute atomic E-state index is 5.91. The third kappa shape index (κ3) is 2.04. The number of methoxy groups -OCH3 is 1. The van der Waals surface area contributed by atoms with Gasteiger partial charge in [-0.05, 0) is 18.2 Å². The Labute approximate surface area is 104 Å². The number of ether oxygens (including phenoxy) is 1. The van der Waals surface area contributed by atoms with E-state index in [1.54, 1.807) is 7.11 Å². The maximum atomic E-state index is 5.91. The van der Waals surface area contributed by atoms with Crippen LogP contribution in [0.25, 0.3) is 10.9 Å². The average Bonchev–Trinajstić information content (AvgIpc) is 2.72. The molecular weight excluding hydrogens is 245 g/mol. The Balaban J connectivity index is 2.49. The molecule has 0 radical (unpaired) electrons. The van der Waals surface area contributed by atoms with Crippen LogP contribution < -0.4 is 4.74 Å². The van der Waals surface area contributed by atoms with E-state index in [9.17, 15) is 0 Å². The third-order valence-electron chi connectivity index (χ3n) is 2.43. The van der Waals surface area contributed by atoms with Gasteiger partial charge in [0, 0.05) is 22.2 Å². The SMILES string of the molecule is COc1cccc2c1ccn2C/C(Cl)=C/Cl. The number of nitrogens with zero attached hydrogens (tertiary/aromatic N) is 1. The first kappa shape index (κ1) is 11.4. The monoisotopic (exact) mass is 255 g/mol. The topological polar surface area (TPSA) is 14.2 Å². The summed E-state index contributed by atoms with van der Waals surface area (Å²) in [6.07, 6.45) is 1.97. The van der Waals surface area contributed by atoms with Gasteiger partial charge in [0.25, 0.3) is 0 Å². The summed E-state index contributed by atoms with van der Waals surface area (Å²) < 4.78 is 7.31. The second-order valence-corrected chi connectivity index (χ2v) is 4.10. The highest BCUT2D eigenvalue weighted by Gasteiger charge is 2.05. The van der Waals surface area contributed by atoms with Crippen LogP contribution >= 0.6 is 23.2 Å². The minimum Gasteiger partial charge on any atom is -0.496 e. The number of halogens is 2. The van der Waals surface area contributed by atoms with Crippen LogP contribution in [0.2, 0.25) is 0 Å². The molecule has 1 heterocycles. The molecule has 0 unspecified atom stereocenters. The van der Waals surface area contributed by atoms with Gasteiger partial charge in [0.05, 0.1) is 19.2 Å². The minimum absolute atomic E-state index is 0.571. The van der Waals surface area contributed by atoms with Gasteiger partial charge in [0.15, 0.2) is 0 Å². The van der Waals surface area contributed by atoms with E-state index in [1.165, 1.54) is 5.54 Å². The fourth-order valence-corrected chi connectivity index (χ4v) is 1.91. The molecule has 2 rings (SSSR count). The summed E-state index contributed by atoms with van der Waals surface area (Å²) in [5.41, 5.74) is 2.46. The molecule has 2 aromatic rings. The highest BCUT2D eigenvalue weighted by Crippen LogP contribution is 2.27. The fraction of sp³-hybridized carbons (Fsp3) is 0.167. The number of fused-ring (bicyclic) bond motifs is 1. The summed E-state index contributed by atoms with van der Waals surface area (Å²) in [6, 6.07) is 7.92. The van der Waals surface area contributed by atoms with Crippen molar-refractivity contribution in [3.8, 4) is 5.75 Å². The molecule has 84 valence electrons. The lowest BCUT2D eigenvalue weighted by Crippen LogP contribution is -1.95. The molecule has 0 atom stereocenters. The molecule has 2 nitrogen and oxygen atoms in total. The van der Waals surface area contributed by atoms with Crippen molar-refractivity contribution in [1.82, 2.24) is 4.57 Å². The van der Waals surface area contributed by atoms with Gasteiger partial charge in [-0.3, -0.25) is 0 Å². The Morgan fingerprint density at radius 1 is 1.44 bits per heavy atom. The lowest BCUT2D eigenvalue weighted by Gasteiger charge is -2.05. The summed E-state index contributed by atoms with van der Waals surface area (Å²) in [5, 5.41) is 1.67. The quantitative estimate of drug-likeness (QED) is 0.810. The zero-order valence-electron chi connectivity index (χ0n) is 8.78. The van der Waals surface area contributed by atoms with Gasteiger partial charge in [-0.25, -0.2) is 0 Å². The van der Waals surface area contributed by atoms with Crippen LogP contribution in [0.3, 0.4) is 0 Å². The van der Waals surface area contributed by atoms with Crippen molar-refractivity contribution in [2.75, 3.05) is 7.11 Å². The summed E-state index contributed by atoms with van der Waals surface area (Å²) in [5.74, 6) is 0.863. The van der Waals surface area contributed by atoms with Crippen LogP contribution in [-0.4, -0.2) is 11.7 Å². The summed E-state index contributed by atoms with van der Waals surface area (Å²) in [7, 11) is 1.66. The number of hydrogen-bond donors (Lipinski definition) is 0. The van der Waals surface area contributed by atoms with Gasteiger partial charge < -0.3 is 9.30 Å². The van der Waals surface area contributed by atoms with E-state index < -0.39 is 0 Å². The zero-order valence-corrected chi connectivity index (χ0v) is 10.3. The van der Waals surface area contributed by atoms with E-state index in [2.05, 4.69) is 0 Å². The van der Waals surface area contributed by atoms with Crippen molar-refractivity contribution < 1.29 is 4.74 Å². The van der Waals surface area contributed by atoms with Crippen molar-refractivity contribution >= 4 is 34.1 Å². The van der Waals surface area contributed by atoms with Gasteiger partial charge in [0.1, 0.15) is 5.75 Å². The molecular formula is C12H11Cl2NO. The maximum Gasteiger partial charge on any atom is 0.128 e. The standard InChI is InChI=1S/C12H11Cl2NO/c1-16-12-4-2-3-11-10(12)5-6-15(11)8-9(14)7-13/h2-7H,8H2,1H3/b9-7-. The predicted octanol–water partition coefficient (Wildman–Crippen LogP) is 3.97. The van der Waals surface area contributed by atoms with Crippen LogP contribution in [0.15, 0.2) is 41.0 Å². The number of hydrogen-bond acceptors (Lipinski definition) is 1. The molecule has 0 aliphatic carbocycles. The molecule has 0 fully saturated rings. The molecule has 0 saturated heterocycles. The van der Waals surface area contributed by atoms with Crippen molar-refractivity contribution in [1.29, 1.82) is 0 Å². The largest absolute Gasteiger partial charge is 0.496 e. The smallest absolute Gasteiger partial charge is 0.128 e. The Bertz CT molecular complexity index is 531. The molecule has 4 heteroatoms. The van der Waals surface area contributed by atoms with Crippen molar-refractivity contribution in [3.63, 3.8) is 0 Å². The van der Waals surface area contributed by atoms with E-state index in [-0.39, 0.29) is 0 Å². The molecule has 0 saturated carbocycles. The molecule has 0 bridgehead atoms. The second kappa shape index (κ2) is 4.81. The third-order valence-corrected chi connectivity index (χ3v) is 3.04. The van der Waals surface area contributed by atoms with E-state index in [4.69, 9.17) is 27.9 Å². The molecule has 0 spiro atoms. The molecule has 0 N–H and O–H groups in total. The first-order valence-electron chi connectivity index (χ1n) is 4.83. The van der Waals surface area contributed by atoms with Gasteiger partial charge in [-0.15, -0.1) is 0 Å². The van der Waals surface area contributed by atoms with Gasteiger partial charge in [0.2, 0.25) is 0 Å². The lowest BCUT2D eigenvalue weighted by molar-refractivity contribution is 0.420. The normalized spacial score (nSPS) is 12.1. The molecule has 0 aliphatic heterocycles. The highest BCUT2D eigenvalue weighted by molar-refractivity contribution is 6.36. The average molecular weight is 256 g/mol. The van der Waals surface area contributed by atoms with Crippen LogP contribution in [0.1, 0.15) is 0 Å². The molecule has 1 aromatic carbocycles. The van der Waals surface area contributed by atoms with E-state index >= 15 is 0 Å². The molecule has 0 aliphatic rings. The summed E-state index contributed by atoms with van der Waals surface area (Å²) in [6.45, 7) is 0.571. The molecule has 1 aromatic heterocycles. The first-order valence-corrected chi connectivity index (χ1v) is 5.64. The van der Waals surface area contributed by atoms with Crippen LogP contribution in [0.4, 0.5) is 0 Å². The van der Waals surface area contributed by atoms with Crippen LogP contribution in [-0.2, 0) is 6.54 Å². The predicted molar refractivity (Wildman–Crippen MR) is 68.3 cm³/mol. The van der Waals surface area contributed by atoms with Crippen LogP contribution in [0.5, 0.6) is 5.75 Å².